The van der Waals surface area contributed by atoms with Gasteiger partial charge in [0, 0.05) is 44.0 Å². The molecule has 5 rings (SSSR count). The lowest BCUT2D eigenvalue weighted by molar-refractivity contribution is -0.132. The normalized spacial score (nSPS) is 13.0. The SMILES string of the molecule is COc1cccc(-c2ccc(N3CCN(C(=O)CN(Cc4ccc(F)cc4)C(=O)Nc4ccc(C)cc4)CC3)nn2)c1. The highest BCUT2D eigenvalue weighted by molar-refractivity contribution is 5.92. The van der Waals surface area contributed by atoms with Crippen LogP contribution >= 0.6 is 0 Å². The van der Waals surface area contributed by atoms with Gasteiger partial charge in [0.1, 0.15) is 18.1 Å². The largest absolute Gasteiger partial charge is 0.497 e. The van der Waals surface area contributed by atoms with Gasteiger partial charge in [0.2, 0.25) is 5.91 Å². The van der Waals surface area contributed by atoms with Gasteiger partial charge in [0.15, 0.2) is 5.82 Å². The molecule has 1 N–H and O–H groups in total. The molecule has 0 aliphatic carbocycles. The van der Waals surface area contributed by atoms with Gasteiger partial charge in [0.25, 0.3) is 0 Å². The molecule has 1 saturated heterocycles. The highest BCUT2D eigenvalue weighted by Crippen LogP contribution is 2.23. The van der Waals surface area contributed by atoms with Gasteiger partial charge in [-0.15, -0.1) is 10.2 Å². The fraction of sp³-hybridized carbons (Fsp3) is 0.250. The molecule has 9 nitrogen and oxygen atoms in total. The van der Waals surface area contributed by atoms with E-state index in [2.05, 4.69) is 20.4 Å². The van der Waals surface area contributed by atoms with Crippen LogP contribution in [-0.2, 0) is 11.3 Å². The minimum Gasteiger partial charge on any atom is -0.497 e. The second kappa shape index (κ2) is 13.1. The highest BCUT2D eigenvalue weighted by atomic mass is 19.1. The number of rotatable bonds is 8. The molecule has 42 heavy (non-hydrogen) atoms. The van der Waals surface area contributed by atoms with Crippen LogP contribution in [0.2, 0.25) is 0 Å². The Bertz CT molecular complexity index is 1510. The average Bonchev–Trinajstić information content (AvgIpc) is 3.03. The molecule has 0 atom stereocenters. The summed E-state index contributed by atoms with van der Waals surface area (Å²) in [6.07, 6.45) is 0. The number of methoxy groups -OCH3 is 1. The number of aromatic nitrogens is 2. The molecule has 0 saturated carbocycles. The van der Waals surface area contributed by atoms with Crippen molar-refractivity contribution in [2.24, 2.45) is 0 Å². The first-order valence-corrected chi connectivity index (χ1v) is 13.8. The molecule has 1 aliphatic rings. The first-order valence-electron chi connectivity index (χ1n) is 13.8. The Morgan fingerprint density at radius 1 is 0.929 bits per heavy atom. The molecule has 0 unspecified atom stereocenters. The van der Waals surface area contributed by atoms with Crippen molar-refractivity contribution < 1.29 is 18.7 Å². The number of carbonyl (C=O) groups is 2. The smallest absolute Gasteiger partial charge is 0.322 e. The van der Waals surface area contributed by atoms with Crippen LogP contribution in [0.1, 0.15) is 11.1 Å². The summed E-state index contributed by atoms with van der Waals surface area (Å²) in [6.45, 7) is 4.18. The van der Waals surface area contributed by atoms with Crippen molar-refractivity contribution in [1.29, 1.82) is 0 Å². The molecule has 216 valence electrons. The van der Waals surface area contributed by atoms with Crippen LogP contribution in [-0.4, -0.2) is 71.8 Å². The fourth-order valence-electron chi connectivity index (χ4n) is 4.73. The third-order valence-electron chi connectivity index (χ3n) is 7.18. The second-order valence-corrected chi connectivity index (χ2v) is 10.2. The number of hydrogen-bond acceptors (Lipinski definition) is 6. The number of aryl methyl sites for hydroxylation is 1. The monoisotopic (exact) mass is 568 g/mol. The molecule has 2 heterocycles. The number of nitrogens with one attached hydrogen (secondary N) is 1. The molecule has 0 radical (unpaired) electrons. The van der Waals surface area contributed by atoms with E-state index in [0.717, 1.165) is 34.0 Å². The molecular weight excluding hydrogens is 535 g/mol. The topological polar surface area (TPSA) is 90.9 Å². The maximum absolute atomic E-state index is 13.5. The van der Waals surface area contributed by atoms with Gasteiger partial charge in [-0.3, -0.25) is 4.79 Å². The van der Waals surface area contributed by atoms with E-state index >= 15 is 0 Å². The third kappa shape index (κ3) is 7.20. The Morgan fingerprint density at radius 2 is 1.67 bits per heavy atom. The lowest BCUT2D eigenvalue weighted by atomic mass is 10.1. The van der Waals surface area contributed by atoms with Crippen LogP contribution in [0.25, 0.3) is 11.3 Å². The summed E-state index contributed by atoms with van der Waals surface area (Å²) in [5.41, 5.74) is 4.10. The molecular formula is C32H33FN6O3. The molecule has 10 heteroatoms. The fourth-order valence-corrected chi connectivity index (χ4v) is 4.73. The van der Waals surface area contributed by atoms with Gasteiger partial charge in [-0.05, 0) is 61.0 Å². The van der Waals surface area contributed by atoms with Crippen molar-refractivity contribution in [2.45, 2.75) is 13.5 Å². The van der Waals surface area contributed by atoms with Crippen molar-refractivity contribution in [3.05, 3.63) is 102 Å². The van der Waals surface area contributed by atoms with Crippen LogP contribution in [0.15, 0.2) is 84.9 Å². The van der Waals surface area contributed by atoms with E-state index in [1.807, 2.05) is 67.6 Å². The van der Waals surface area contributed by atoms with E-state index < -0.39 is 6.03 Å². The first kappa shape index (κ1) is 28.5. The molecule has 1 fully saturated rings. The summed E-state index contributed by atoms with van der Waals surface area (Å²) in [7, 11) is 1.63. The number of nitrogens with zero attached hydrogens (tertiary/aromatic N) is 5. The van der Waals surface area contributed by atoms with Gasteiger partial charge in [-0.25, -0.2) is 9.18 Å². The quantitative estimate of drug-likeness (QED) is 0.322. The van der Waals surface area contributed by atoms with Crippen molar-refractivity contribution >= 4 is 23.4 Å². The maximum atomic E-state index is 13.5. The Labute approximate surface area is 244 Å². The number of urea groups is 1. The Kier molecular flexibility index (Phi) is 8.91. The Morgan fingerprint density at radius 3 is 2.33 bits per heavy atom. The summed E-state index contributed by atoms with van der Waals surface area (Å²) >= 11 is 0. The van der Waals surface area contributed by atoms with E-state index in [0.29, 0.717) is 31.9 Å². The van der Waals surface area contributed by atoms with E-state index in [9.17, 15) is 14.0 Å². The summed E-state index contributed by atoms with van der Waals surface area (Å²) in [4.78, 5) is 31.9. The Balaban J connectivity index is 1.20. The van der Waals surface area contributed by atoms with E-state index in [1.165, 1.54) is 17.0 Å². The van der Waals surface area contributed by atoms with Crippen LogP contribution < -0.4 is 15.0 Å². The third-order valence-corrected chi connectivity index (χ3v) is 7.18. The number of amides is 3. The minimum absolute atomic E-state index is 0.107. The number of halogens is 1. The van der Waals surface area contributed by atoms with Crippen molar-refractivity contribution in [2.75, 3.05) is 50.1 Å². The maximum Gasteiger partial charge on any atom is 0.322 e. The van der Waals surface area contributed by atoms with Gasteiger partial charge < -0.3 is 24.8 Å². The summed E-state index contributed by atoms with van der Waals surface area (Å²) in [6, 6.07) is 24.5. The zero-order valence-electron chi connectivity index (χ0n) is 23.7. The predicted molar refractivity (Wildman–Crippen MR) is 160 cm³/mol. The molecule has 0 bridgehead atoms. The number of ether oxygens (including phenoxy) is 1. The van der Waals surface area contributed by atoms with Crippen LogP contribution in [0.4, 0.5) is 20.7 Å². The lowest BCUT2D eigenvalue weighted by Crippen LogP contribution is -2.52. The predicted octanol–water partition coefficient (Wildman–Crippen LogP) is 4.98. The van der Waals surface area contributed by atoms with Gasteiger partial charge >= 0.3 is 6.03 Å². The summed E-state index contributed by atoms with van der Waals surface area (Å²) < 4.78 is 18.8. The molecule has 1 aromatic heterocycles. The van der Waals surface area contributed by atoms with E-state index in [1.54, 1.807) is 24.1 Å². The van der Waals surface area contributed by atoms with Crippen molar-refractivity contribution in [3.8, 4) is 17.0 Å². The van der Waals surface area contributed by atoms with Crippen LogP contribution in [0.5, 0.6) is 5.75 Å². The number of benzene rings is 3. The minimum atomic E-state index is -0.401. The molecule has 4 aromatic rings. The number of piperazine rings is 1. The van der Waals surface area contributed by atoms with Gasteiger partial charge in [-0.1, -0.05) is 42.0 Å². The van der Waals surface area contributed by atoms with Gasteiger partial charge in [-0.2, -0.15) is 0 Å². The zero-order chi connectivity index (χ0) is 29.5. The molecule has 1 aliphatic heterocycles. The standard InChI is InChI=1S/C32H33FN6O3/c1-23-6-12-27(13-7-23)34-32(41)39(21-24-8-10-26(33)11-9-24)22-31(40)38-18-16-37(17-19-38)30-15-14-29(35-36-30)25-4-3-5-28(20-25)42-2/h3-15,20H,16-19,21-22H2,1-2H3,(H,34,41). The van der Waals surface area contributed by atoms with E-state index in [4.69, 9.17) is 4.74 Å². The van der Waals surface area contributed by atoms with E-state index in [-0.39, 0.29) is 24.8 Å². The van der Waals surface area contributed by atoms with Crippen molar-refractivity contribution in [3.63, 3.8) is 0 Å². The average molecular weight is 569 g/mol. The molecule has 0 spiro atoms. The first-order chi connectivity index (χ1) is 20.4. The van der Waals surface area contributed by atoms with Crippen LogP contribution in [0.3, 0.4) is 0 Å². The Hall–Kier alpha value is -4.99. The summed E-state index contributed by atoms with van der Waals surface area (Å²) in [5.74, 6) is 0.977. The highest BCUT2D eigenvalue weighted by Gasteiger charge is 2.26. The molecule has 3 aromatic carbocycles. The number of hydrogen-bond donors (Lipinski definition) is 1. The number of carbonyl (C=O) groups excluding carboxylic acids is 2. The molecule has 3 amide bonds. The number of anilines is 2. The zero-order valence-corrected chi connectivity index (χ0v) is 23.7. The van der Waals surface area contributed by atoms with Crippen LogP contribution in [0, 0.1) is 12.7 Å². The van der Waals surface area contributed by atoms with Gasteiger partial charge in [0.05, 0.1) is 12.8 Å². The second-order valence-electron chi connectivity index (χ2n) is 10.2. The van der Waals surface area contributed by atoms with Crippen molar-refractivity contribution in [1.82, 2.24) is 20.0 Å². The lowest BCUT2D eigenvalue weighted by Gasteiger charge is -2.36. The summed E-state index contributed by atoms with van der Waals surface area (Å²) in [5, 5.41) is 11.7.